The molecule has 2 aromatic carbocycles. The molecule has 7 nitrogen and oxygen atoms in total. The number of ether oxygens (including phenoxy) is 2. The topological polar surface area (TPSA) is 82.5 Å². The molecule has 0 saturated heterocycles. The van der Waals surface area contributed by atoms with Crippen molar-refractivity contribution in [2.75, 3.05) is 25.6 Å². The predicted molar refractivity (Wildman–Crippen MR) is 114 cm³/mol. The molecule has 0 saturated carbocycles. The fourth-order valence-corrected chi connectivity index (χ4v) is 3.73. The van der Waals surface area contributed by atoms with Crippen LogP contribution in [0.3, 0.4) is 0 Å². The minimum atomic E-state index is -0.559. The molecule has 0 aliphatic carbocycles. The Bertz CT molecular complexity index is 1150. The molecule has 154 valence electrons. The smallest absolute Gasteiger partial charge is 0.340 e. The largest absolute Gasteiger partial charge is 0.493 e. The molecule has 3 aromatic rings. The van der Waals surface area contributed by atoms with E-state index in [9.17, 15) is 9.59 Å². The highest BCUT2D eigenvalue weighted by molar-refractivity contribution is 6.33. The van der Waals surface area contributed by atoms with E-state index in [4.69, 9.17) is 21.1 Å². The van der Waals surface area contributed by atoms with Crippen molar-refractivity contribution in [1.29, 1.82) is 0 Å². The molecule has 1 N–H and O–H groups in total. The summed E-state index contributed by atoms with van der Waals surface area (Å²) in [5, 5.41) is 7.46. The fourth-order valence-electron chi connectivity index (χ4n) is 3.53. The van der Waals surface area contributed by atoms with Gasteiger partial charge in [0.1, 0.15) is 10.8 Å². The first-order valence-electron chi connectivity index (χ1n) is 9.51. The number of halogens is 1. The highest BCUT2D eigenvalue weighted by Gasteiger charge is 2.22. The number of hydrogen-bond donors (Lipinski definition) is 1. The van der Waals surface area contributed by atoms with Crippen LogP contribution in [0.2, 0.25) is 5.02 Å². The Kier molecular flexibility index (Phi) is 5.72. The van der Waals surface area contributed by atoms with Crippen molar-refractivity contribution in [3.05, 3.63) is 81.2 Å². The summed E-state index contributed by atoms with van der Waals surface area (Å²) < 4.78 is 11.6. The van der Waals surface area contributed by atoms with E-state index >= 15 is 0 Å². The Morgan fingerprint density at radius 3 is 2.87 bits per heavy atom. The second kappa shape index (κ2) is 8.59. The van der Waals surface area contributed by atoms with E-state index in [1.54, 1.807) is 24.3 Å². The third kappa shape index (κ3) is 3.76. The lowest BCUT2D eigenvalue weighted by molar-refractivity contribution is 0.0600. The van der Waals surface area contributed by atoms with Gasteiger partial charge in [0.15, 0.2) is 0 Å². The number of benzene rings is 2. The molecule has 1 unspecified atom stereocenters. The van der Waals surface area contributed by atoms with Crippen LogP contribution < -0.4 is 15.6 Å². The Morgan fingerprint density at radius 2 is 2.03 bits per heavy atom. The molecule has 1 atom stereocenters. The van der Waals surface area contributed by atoms with Gasteiger partial charge < -0.3 is 14.8 Å². The van der Waals surface area contributed by atoms with Gasteiger partial charge in [-0.1, -0.05) is 41.9 Å². The summed E-state index contributed by atoms with van der Waals surface area (Å²) in [6.45, 7) is 1.23. The van der Waals surface area contributed by atoms with Gasteiger partial charge in [0, 0.05) is 12.5 Å². The van der Waals surface area contributed by atoms with Gasteiger partial charge in [0.05, 0.1) is 36.9 Å². The molecule has 0 fully saturated rings. The zero-order chi connectivity index (χ0) is 21.1. The third-order valence-corrected chi connectivity index (χ3v) is 5.44. The quantitative estimate of drug-likeness (QED) is 0.628. The maximum absolute atomic E-state index is 12.9. The van der Waals surface area contributed by atoms with E-state index in [0.717, 1.165) is 22.4 Å². The van der Waals surface area contributed by atoms with E-state index in [0.29, 0.717) is 24.5 Å². The normalized spacial score (nSPS) is 15.1. The van der Waals surface area contributed by atoms with Crippen molar-refractivity contribution >= 4 is 23.3 Å². The molecular formula is C22H20ClN3O4. The summed E-state index contributed by atoms with van der Waals surface area (Å²) in [5.74, 6) is 0.555. The minimum Gasteiger partial charge on any atom is -0.493 e. The predicted octanol–water partition coefficient (Wildman–Crippen LogP) is 3.65. The Morgan fingerprint density at radius 1 is 1.27 bits per heavy atom. The lowest BCUT2D eigenvalue weighted by atomic mass is 9.93. The number of fused-ring (bicyclic) bond motifs is 1. The van der Waals surface area contributed by atoms with Crippen LogP contribution in [-0.4, -0.2) is 36.0 Å². The molecule has 0 spiro atoms. The van der Waals surface area contributed by atoms with Gasteiger partial charge in [-0.3, -0.25) is 4.79 Å². The molecule has 1 aliphatic rings. The van der Waals surface area contributed by atoms with Crippen LogP contribution in [0, 0.1) is 0 Å². The molecule has 4 rings (SSSR count). The summed E-state index contributed by atoms with van der Waals surface area (Å²) in [4.78, 5) is 24.9. The number of rotatable bonds is 5. The van der Waals surface area contributed by atoms with Crippen LogP contribution in [0.25, 0.3) is 5.69 Å². The second-order valence-corrected chi connectivity index (χ2v) is 7.23. The first-order valence-corrected chi connectivity index (χ1v) is 9.89. The maximum atomic E-state index is 12.9. The Labute approximate surface area is 178 Å². The van der Waals surface area contributed by atoms with Crippen LogP contribution >= 0.6 is 11.6 Å². The van der Waals surface area contributed by atoms with E-state index in [1.807, 2.05) is 24.3 Å². The van der Waals surface area contributed by atoms with Gasteiger partial charge >= 0.3 is 5.97 Å². The van der Waals surface area contributed by atoms with Crippen LogP contribution in [0.4, 0.5) is 5.69 Å². The van der Waals surface area contributed by atoms with Crippen LogP contribution in [0.1, 0.15) is 28.3 Å². The van der Waals surface area contributed by atoms with E-state index in [2.05, 4.69) is 10.4 Å². The van der Waals surface area contributed by atoms with Crippen molar-refractivity contribution < 1.29 is 14.3 Å². The molecule has 2 heterocycles. The molecule has 1 aromatic heterocycles. The Balaban J connectivity index is 1.60. The van der Waals surface area contributed by atoms with Crippen LogP contribution in [0.5, 0.6) is 5.75 Å². The van der Waals surface area contributed by atoms with Crippen molar-refractivity contribution in [3.8, 4) is 11.4 Å². The number of para-hydroxylation sites is 2. The minimum absolute atomic E-state index is 0.00464. The summed E-state index contributed by atoms with van der Waals surface area (Å²) in [7, 11) is 1.28. The number of methoxy groups -OCH3 is 1. The van der Waals surface area contributed by atoms with Gasteiger partial charge in [-0.05, 0) is 30.2 Å². The third-order valence-electron chi connectivity index (χ3n) is 5.08. The van der Waals surface area contributed by atoms with Crippen molar-refractivity contribution in [2.45, 2.75) is 12.3 Å². The zero-order valence-corrected chi connectivity index (χ0v) is 17.1. The van der Waals surface area contributed by atoms with Gasteiger partial charge in [-0.25, -0.2) is 4.79 Å². The first kappa shape index (κ1) is 20.0. The number of carbonyl (C=O) groups excluding carboxylic acids is 1. The number of nitrogens with zero attached hydrogens (tertiary/aromatic N) is 2. The van der Waals surface area contributed by atoms with E-state index in [1.165, 1.54) is 13.3 Å². The highest BCUT2D eigenvalue weighted by atomic mass is 35.5. The molecule has 1 aliphatic heterocycles. The number of carbonyl (C=O) groups is 1. The van der Waals surface area contributed by atoms with Crippen LogP contribution in [0.15, 0.2) is 59.5 Å². The van der Waals surface area contributed by atoms with Gasteiger partial charge in [-0.15, -0.1) is 0 Å². The summed E-state index contributed by atoms with van der Waals surface area (Å²) in [6, 6.07) is 14.5. The van der Waals surface area contributed by atoms with Gasteiger partial charge in [0.25, 0.3) is 5.56 Å². The summed E-state index contributed by atoms with van der Waals surface area (Å²) in [6.07, 6.45) is 2.35. The number of nitrogens with one attached hydrogen (secondary N) is 1. The summed E-state index contributed by atoms with van der Waals surface area (Å²) in [5.41, 5.74) is 1.58. The van der Waals surface area contributed by atoms with Crippen molar-refractivity contribution in [1.82, 2.24) is 9.78 Å². The van der Waals surface area contributed by atoms with Gasteiger partial charge in [0.2, 0.25) is 0 Å². The number of esters is 1. The molecule has 0 amide bonds. The Hall–Kier alpha value is -3.32. The fraction of sp³-hybridized carbons (Fsp3) is 0.227. The highest BCUT2D eigenvalue weighted by Crippen LogP contribution is 2.33. The molecular weight excluding hydrogens is 406 g/mol. The van der Waals surface area contributed by atoms with Crippen molar-refractivity contribution in [2.24, 2.45) is 0 Å². The molecule has 0 radical (unpaired) electrons. The monoisotopic (exact) mass is 425 g/mol. The molecule has 0 bridgehead atoms. The SMILES string of the molecule is COC(=O)c1ccccc1-n1ncc(NCC2CCOc3ccccc32)c(Cl)c1=O. The van der Waals surface area contributed by atoms with Crippen molar-refractivity contribution in [3.63, 3.8) is 0 Å². The number of aromatic nitrogens is 2. The number of anilines is 1. The average Bonchev–Trinajstić information content (AvgIpc) is 2.79. The number of hydrogen-bond acceptors (Lipinski definition) is 6. The summed E-state index contributed by atoms with van der Waals surface area (Å²) >= 11 is 6.36. The van der Waals surface area contributed by atoms with E-state index < -0.39 is 11.5 Å². The lowest BCUT2D eigenvalue weighted by Crippen LogP contribution is -2.26. The van der Waals surface area contributed by atoms with Gasteiger partial charge in [-0.2, -0.15) is 9.78 Å². The zero-order valence-electron chi connectivity index (χ0n) is 16.3. The first-order chi connectivity index (χ1) is 14.6. The van der Waals surface area contributed by atoms with Crippen LogP contribution in [-0.2, 0) is 4.74 Å². The second-order valence-electron chi connectivity index (χ2n) is 6.85. The average molecular weight is 426 g/mol. The molecule has 30 heavy (non-hydrogen) atoms. The standard InChI is InChI=1S/C22H20ClN3O4/c1-29-22(28)16-7-2-4-8-18(16)26-21(27)20(23)17(13-25-26)24-12-14-10-11-30-19-9-5-3-6-15(14)19/h2-9,13-14,24H,10-12H2,1H3. The lowest BCUT2D eigenvalue weighted by Gasteiger charge is -2.26. The maximum Gasteiger partial charge on any atom is 0.340 e. The van der Waals surface area contributed by atoms with E-state index in [-0.39, 0.29) is 16.5 Å². The molecule has 8 heteroatoms.